The van der Waals surface area contributed by atoms with Gasteiger partial charge in [0.1, 0.15) is 12.2 Å². The molecule has 48 heavy (non-hydrogen) atoms. The number of rotatable bonds is 8. The number of nitrogens with zero attached hydrogens (tertiary/aromatic N) is 5. The van der Waals surface area contributed by atoms with Gasteiger partial charge in [0.25, 0.3) is 5.56 Å². The zero-order valence-electron chi connectivity index (χ0n) is 27.2. The van der Waals surface area contributed by atoms with E-state index in [1.54, 1.807) is 35.4 Å². The number of aromatic nitrogens is 3. The third kappa shape index (κ3) is 6.54. The molecule has 0 saturated carbocycles. The van der Waals surface area contributed by atoms with E-state index in [4.69, 9.17) is 9.72 Å². The van der Waals surface area contributed by atoms with Crippen LogP contribution in [0.25, 0.3) is 22.2 Å². The first-order valence-electron chi connectivity index (χ1n) is 16.7. The molecule has 3 aliphatic heterocycles. The van der Waals surface area contributed by atoms with Gasteiger partial charge in [0, 0.05) is 86.6 Å². The van der Waals surface area contributed by atoms with Crippen molar-refractivity contribution in [2.75, 3.05) is 62.7 Å². The summed E-state index contributed by atoms with van der Waals surface area (Å²) in [5.41, 5.74) is 3.02. The van der Waals surface area contributed by atoms with Gasteiger partial charge in [-0.1, -0.05) is 12.1 Å². The Bertz CT molecular complexity index is 1980. The van der Waals surface area contributed by atoms with E-state index in [0.29, 0.717) is 55.7 Å². The lowest BCUT2D eigenvalue weighted by Gasteiger charge is -2.29. The number of sulfone groups is 1. The van der Waals surface area contributed by atoms with E-state index < -0.39 is 20.6 Å². The largest absolute Gasteiger partial charge is 0.381 e. The number of pyridine rings is 1. The van der Waals surface area contributed by atoms with Crippen molar-refractivity contribution in [3.05, 3.63) is 70.6 Å². The number of piperazine rings is 1. The Morgan fingerprint density at radius 1 is 0.979 bits per heavy atom. The molecule has 2 N–H and O–H groups in total. The fraction of sp³-hybridized carbons (Fsp3) is 0.429. The number of hydrogen-bond donors (Lipinski definition) is 2. The van der Waals surface area contributed by atoms with E-state index in [-0.39, 0.29) is 28.9 Å². The van der Waals surface area contributed by atoms with E-state index in [1.807, 2.05) is 19.1 Å². The second-order valence-electron chi connectivity index (χ2n) is 12.8. The predicted octanol–water partition coefficient (Wildman–Crippen LogP) is 3.50. The van der Waals surface area contributed by atoms with Crippen LogP contribution >= 0.6 is 0 Å². The summed E-state index contributed by atoms with van der Waals surface area (Å²) in [6.45, 7) is 7.45. The molecule has 0 atom stereocenters. The molecular formula is C35H41N7O5S. The van der Waals surface area contributed by atoms with Crippen LogP contribution in [0.1, 0.15) is 31.2 Å². The van der Waals surface area contributed by atoms with E-state index >= 15 is 0 Å². The van der Waals surface area contributed by atoms with Gasteiger partial charge in [-0.3, -0.25) is 14.2 Å². The van der Waals surface area contributed by atoms with Crippen LogP contribution in [0.3, 0.4) is 0 Å². The zero-order chi connectivity index (χ0) is 33.3. The van der Waals surface area contributed by atoms with Crippen molar-refractivity contribution in [3.8, 4) is 11.1 Å². The SMILES string of the molecule is Cc1ccc(-c2cc3cnc(Nc4ccc(N5CCNCC5)cc4)nc3n(CC(=O)N3CCCC3)c2=O)c(S(=O)(=O)C2CCOCC2)c1. The fourth-order valence-corrected chi connectivity index (χ4v) is 8.83. The van der Waals surface area contributed by atoms with Crippen molar-refractivity contribution in [1.29, 1.82) is 0 Å². The van der Waals surface area contributed by atoms with Crippen molar-refractivity contribution in [2.24, 2.45) is 0 Å². The van der Waals surface area contributed by atoms with Crippen molar-refractivity contribution < 1.29 is 17.9 Å². The lowest BCUT2D eigenvalue weighted by atomic mass is 10.0. The highest BCUT2D eigenvalue weighted by molar-refractivity contribution is 7.92. The maximum atomic E-state index is 14.4. The number of carbonyl (C=O) groups excluding carboxylic acids is 1. The maximum absolute atomic E-state index is 14.4. The van der Waals surface area contributed by atoms with Gasteiger partial charge in [0.05, 0.1) is 10.1 Å². The normalized spacial score (nSPS) is 17.6. The Labute approximate surface area is 280 Å². The highest BCUT2D eigenvalue weighted by atomic mass is 32.2. The molecule has 2 aromatic heterocycles. The van der Waals surface area contributed by atoms with Gasteiger partial charge in [0.2, 0.25) is 11.9 Å². The molecule has 3 fully saturated rings. The zero-order valence-corrected chi connectivity index (χ0v) is 28.0. The predicted molar refractivity (Wildman–Crippen MR) is 186 cm³/mol. The number of carbonyl (C=O) groups is 1. The molecule has 4 aromatic rings. The number of nitrogens with one attached hydrogen (secondary N) is 2. The molecule has 5 heterocycles. The molecule has 13 heteroatoms. The van der Waals surface area contributed by atoms with Crippen molar-refractivity contribution in [1.82, 2.24) is 24.8 Å². The standard InChI is InChI=1S/C35H41N7O5S/c1-24-4-9-29(31(20-24)48(45,46)28-10-18-47-19-11-28)30-21-25-22-37-35(38-26-5-7-27(8-6-26)40-16-12-36-13-17-40)39-33(25)42(34(30)44)23-32(43)41-14-2-3-15-41/h4-9,20-22,28,36H,2-3,10-19,23H2,1H3,(H,37,38,39). The third-order valence-electron chi connectivity index (χ3n) is 9.53. The molecule has 12 nitrogen and oxygen atoms in total. The molecule has 0 bridgehead atoms. The summed E-state index contributed by atoms with van der Waals surface area (Å²) >= 11 is 0. The number of amides is 1. The highest BCUT2D eigenvalue weighted by Crippen LogP contribution is 2.33. The van der Waals surface area contributed by atoms with Gasteiger partial charge < -0.3 is 25.2 Å². The Morgan fingerprint density at radius 2 is 1.71 bits per heavy atom. The average molecular weight is 672 g/mol. The third-order valence-corrected chi connectivity index (χ3v) is 11.8. The van der Waals surface area contributed by atoms with Gasteiger partial charge in [-0.25, -0.2) is 13.4 Å². The highest BCUT2D eigenvalue weighted by Gasteiger charge is 2.33. The molecule has 0 radical (unpaired) electrons. The van der Waals surface area contributed by atoms with Crippen LogP contribution in [0.2, 0.25) is 0 Å². The number of aryl methyl sites for hydroxylation is 1. The molecule has 3 aliphatic rings. The van der Waals surface area contributed by atoms with Crippen LogP contribution in [0.4, 0.5) is 17.3 Å². The number of ether oxygens (including phenoxy) is 1. The summed E-state index contributed by atoms with van der Waals surface area (Å²) in [7, 11) is -3.78. The molecule has 2 aromatic carbocycles. The first-order chi connectivity index (χ1) is 23.3. The molecule has 0 spiro atoms. The van der Waals surface area contributed by atoms with Crippen LogP contribution in [-0.4, -0.2) is 91.5 Å². The molecule has 3 saturated heterocycles. The number of anilines is 3. The average Bonchev–Trinajstić information content (AvgIpc) is 3.66. The summed E-state index contributed by atoms with van der Waals surface area (Å²) in [6.07, 6.45) is 4.23. The summed E-state index contributed by atoms with van der Waals surface area (Å²) in [6, 6.07) is 14.8. The van der Waals surface area contributed by atoms with Gasteiger partial charge in [-0.15, -0.1) is 0 Å². The van der Waals surface area contributed by atoms with Gasteiger partial charge in [-0.2, -0.15) is 4.98 Å². The lowest BCUT2D eigenvalue weighted by molar-refractivity contribution is -0.130. The molecule has 252 valence electrons. The summed E-state index contributed by atoms with van der Waals surface area (Å²) in [4.78, 5) is 41.4. The topological polar surface area (TPSA) is 139 Å². The van der Waals surface area contributed by atoms with Crippen molar-refractivity contribution >= 4 is 44.1 Å². The molecule has 7 rings (SSSR count). The Hall–Kier alpha value is -4.33. The minimum atomic E-state index is -3.78. The second kappa shape index (κ2) is 13.7. The lowest BCUT2D eigenvalue weighted by Crippen LogP contribution is -2.43. The van der Waals surface area contributed by atoms with E-state index in [9.17, 15) is 18.0 Å². The minimum absolute atomic E-state index is 0.117. The second-order valence-corrected chi connectivity index (χ2v) is 15.0. The molecule has 0 unspecified atom stereocenters. The monoisotopic (exact) mass is 671 g/mol. The van der Waals surface area contributed by atoms with Gasteiger partial charge in [0.15, 0.2) is 9.84 Å². The fourth-order valence-electron chi connectivity index (χ4n) is 6.82. The molecule has 1 amide bonds. The minimum Gasteiger partial charge on any atom is -0.381 e. The first kappa shape index (κ1) is 32.2. The molecular weight excluding hydrogens is 630 g/mol. The first-order valence-corrected chi connectivity index (χ1v) is 18.3. The maximum Gasteiger partial charge on any atom is 0.260 e. The Kier molecular flexibility index (Phi) is 9.17. The number of hydrogen-bond acceptors (Lipinski definition) is 10. The number of benzene rings is 2. The number of likely N-dealkylation sites (tertiary alicyclic amines) is 1. The Morgan fingerprint density at radius 3 is 2.44 bits per heavy atom. The molecule has 0 aliphatic carbocycles. The summed E-state index contributed by atoms with van der Waals surface area (Å²) < 4.78 is 34.8. The van der Waals surface area contributed by atoms with Crippen LogP contribution in [0, 0.1) is 6.92 Å². The van der Waals surface area contributed by atoms with Crippen molar-refractivity contribution in [3.63, 3.8) is 0 Å². The van der Waals surface area contributed by atoms with Crippen LogP contribution in [-0.2, 0) is 25.9 Å². The summed E-state index contributed by atoms with van der Waals surface area (Å²) in [5.74, 6) is 0.105. The summed E-state index contributed by atoms with van der Waals surface area (Å²) in [5, 5.41) is 6.53. The smallest absolute Gasteiger partial charge is 0.260 e. The van der Waals surface area contributed by atoms with Crippen LogP contribution in [0.15, 0.2) is 64.4 Å². The van der Waals surface area contributed by atoms with Gasteiger partial charge >= 0.3 is 0 Å². The van der Waals surface area contributed by atoms with E-state index in [2.05, 4.69) is 32.7 Å². The number of fused-ring (bicyclic) bond motifs is 1. The quantitative estimate of drug-likeness (QED) is 0.286. The van der Waals surface area contributed by atoms with Crippen LogP contribution in [0.5, 0.6) is 0 Å². The Balaban J connectivity index is 1.29. The van der Waals surface area contributed by atoms with Gasteiger partial charge in [-0.05, 0) is 74.6 Å². The van der Waals surface area contributed by atoms with Crippen molar-refractivity contribution in [2.45, 2.75) is 49.3 Å². The van der Waals surface area contributed by atoms with E-state index in [0.717, 1.165) is 56.0 Å². The van der Waals surface area contributed by atoms with Crippen LogP contribution < -0.4 is 21.1 Å². The van der Waals surface area contributed by atoms with E-state index in [1.165, 1.54) is 4.57 Å².